The fraction of sp³-hybridized carbons (Fsp3) is 0.500. The van der Waals surface area contributed by atoms with E-state index in [0.717, 1.165) is 12.8 Å². The summed E-state index contributed by atoms with van der Waals surface area (Å²) >= 11 is 5.95. The number of halogens is 1. The van der Waals surface area contributed by atoms with Crippen LogP contribution in [0.5, 0.6) is 0 Å². The van der Waals surface area contributed by atoms with Gasteiger partial charge in [-0.15, -0.1) is 0 Å². The zero-order chi connectivity index (χ0) is 18.4. The van der Waals surface area contributed by atoms with Gasteiger partial charge in [-0.1, -0.05) is 30.7 Å². The van der Waals surface area contributed by atoms with Gasteiger partial charge in [0.2, 0.25) is 0 Å². The van der Waals surface area contributed by atoms with Crippen molar-refractivity contribution in [3.63, 3.8) is 0 Å². The Hall–Kier alpha value is -2.08. The van der Waals surface area contributed by atoms with E-state index >= 15 is 0 Å². The molecule has 1 aliphatic rings. The Kier molecular flexibility index (Phi) is 6.82. The van der Waals surface area contributed by atoms with E-state index in [1.54, 1.807) is 29.2 Å². The molecular weight excluding hydrogens is 344 g/mol. The molecule has 1 saturated heterocycles. The molecule has 1 N–H and O–H groups in total. The minimum absolute atomic E-state index is 0.204. The maximum absolute atomic E-state index is 12.1. The molecular formula is C18H23ClN2O4. The zero-order valence-electron chi connectivity index (χ0n) is 14.5. The third-order valence-electron chi connectivity index (χ3n) is 4.29. The van der Waals surface area contributed by atoms with Crippen LogP contribution in [0.4, 0.5) is 0 Å². The van der Waals surface area contributed by atoms with Gasteiger partial charge in [0.05, 0.1) is 10.6 Å². The predicted molar refractivity (Wildman–Crippen MR) is 94.3 cm³/mol. The molecule has 0 aromatic heterocycles. The molecule has 1 aliphatic heterocycles. The standard InChI is InChI=1S/C18H23ClN2O4/c1-12-7-9-21(10-8-12)16(22)11-25-18(24)13(2)20-17(23)14-5-3-4-6-15(14)19/h3-6,12-13H,7-11H2,1-2H3,(H,20,23)/t13-/m0/s1. The summed E-state index contributed by atoms with van der Waals surface area (Å²) in [5.41, 5.74) is 0.280. The molecule has 1 aromatic rings. The van der Waals surface area contributed by atoms with Crippen molar-refractivity contribution in [2.75, 3.05) is 19.7 Å². The van der Waals surface area contributed by atoms with E-state index in [0.29, 0.717) is 24.0 Å². The number of carbonyl (C=O) groups excluding carboxylic acids is 3. The second-order valence-electron chi connectivity index (χ2n) is 6.35. The summed E-state index contributed by atoms with van der Waals surface area (Å²) in [6.07, 6.45) is 1.92. The molecule has 1 fully saturated rings. The fourth-order valence-electron chi connectivity index (χ4n) is 2.59. The van der Waals surface area contributed by atoms with Crippen LogP contribution < -0.4 is 5.32 Å². The molecule has 0 saturated carbocycles. The average Bonchev–Trinajstić information content (AvgIpc) is 2.60. The lowest BCUT2D eigenvalue weighted by atomic mass is 9.99. The van der Waals surface area contributed by atoms with Crippen LogP contribution in [-0.2, 0) is 14.3 Å². The summed E-state index contributed by atoms with van der Waals surface area (Å²) in [6, 6.07) is 5.68. The maximum atomic E-state index is 12.1. The fourth-order valence-corrected chi connectivity index (χ4v) is 2.81. The van der Waals surface area contributed by atoms with Crippen molar-refractivity contribution in [2.24, 2.45) is 5.92 Å². The quantitative estimate of drug-likeness (QED) is 0.811. The van der Waals surface area contributed by atoms with Gasteiger partial charge in [0, 0.05) is 13.1 Å². The van der Waals surface area contributed by atoms with Crippen LogP contribution in [0.3, 0.4) is 0 Å². The first-order valence-corrected chi connectivity index (χ1v) is 8.76. The van der Waals surface area contributed by atoms with E-state index in [1.165, 1.54) is 6.92 Å². The summed E-state index contributed by atoms with van der Waals surface area (Å²) in [5, 5.41) is 2.82. The first kappa shape index (κ1) is 19.2. The number of esters is 1. The third kappa shape index (κ3) is 5.46. The number of piperidine rings is 1. The minimum Gasteiger partial charge on any atom is -0.454 e. The van der Waals surface area contributed by atoms with Crippen LogP contribution in [0.2, 0.25) is 5.02 Å². The molecule has 1 aromatic carbocycles. The summed E-state index contributed by atoms with van der Waals surface area (Å²) in [6.45, 7) is 4.74. The van der Waals surface area contributed by atoms with Gasteiger partial charge in [-0.05, 0) is 37.8 Å². The highest BCUT2D eigenvalue weighted by molar-refractivity contribution is 6.33. The summed E-state index contributed by atoms with van der Waals surface area (Å²) in [4.78, 5) is 37.9. The van der Waals surface area contributed by atoms with Crippen molar-refractivity contribution in [1.29, 1.82) is 0 Å². The van der Waals surface area contributed by atoms with Gasteiger partial charge < -0.3 is 15.0 Å². The molecule has 0 spiro atoms. The summed E-state index contributed by atoms with van der Waals surface area (Å²) in [7, 11) is 0. The summed E-state index contributed by atoms with van der Waals surface area (Å²) < 4.78 is 5.03. The number of nitrogens with one attached hydrogen (secondary N) is 1. The van der Waals surface area contributed by atoms with Crippen molar-refractivity contribution in [3.05, 3.63) is 34.9 Å². The summed E-state index contributed by atoms with van der Waals surface area (Å²) in [5.74, 6) is -0.706. The van der Waals surface area contributed by atoms with Crippen molar-refractivity contribution in [3.8, 4) is 0 Å². The Balaban J connectivity index is 1.79. The predicted octanol–water partition coefficient (Wildman–Crippen LogP) is 2.26. The molecule has 136 valence electrons. The maximum Gasteiger partial charge on any atom is 0.328 e. The number of hydrogen-bond acceptors (Lipinski definition) is 4. The van der Waals surface area contributed by atoms with Gasteiger partial charge in [-0.25, -0.2) is 4.79 Å². The van der Waals surface area contributed by atoms with Gasteiger partial charge >= 0.3 is 5.97 Å². The second-order valence-corrected chi connectivity index (χ2v) is 6.75. The molecule has 25 heavy (non-hydrogen) atoms. The molecule has 1 heterocycles. The number of amides is 2. The smallest absolute Gasteiger partial charge is 0.328 e. The molecule has 0 bridgehead atoms. The Labute approximate surface area is 152 Å². The van der Waals surface area contributed by atoms with Crippen LogP contribution >= 0.6 is 11.6 Å². The van der Waals surface area contributed by atoms with Crippen molar-refractivity contribution < 1.29 is 19.1 Å². The Morgan fingerprint density at radius 2 is 1.92 bits per heavy atom. The minimum atomic E-state index is -0.877. The van der Waals surface area contributed by atoms with E-state index in [-0.39, 0.29) is 18.1 Å². The van der Waals surface area contributed by atoms with Crippen LogP contribution in [0.1, 0.15) is 37.0 Å². The SMILES string of the molecule is CC1CCN(C(=O)COC(=O)[C@H](C)NC(=O)c2ccccc2Cl)CC1. The number of benzene rings is 1. The lowest BCUT2D eigenvalue weighted by Crippen LogP contribution is -2.43. The number of likely N-dealkylation sites (tertiary alicyclic amines) is 1. The normalized spacial score (nSPS) is 16.2. The highest BCUT2D eigenvalue weighted by Gasteiger charge is 2.23. The molecule has 1 atom stereocenters. The van der Waals surface area contributed by atoms with E-state index in [4.69, 9.17) is 16.3 Å². The molecule has 0 unspecified atom stereocenters. The van der Waals surface area contributed by atoms with Gasteiger partial charge in [0.1, 0.15) is 6.04 Å². The van der Waals surface area contributed by atoms with E-state index in [9.17, 15) is 14.4 Å². The molecule has 6 nitrogen and oxygen atoms in total. The Morgan fingerprint density at radius 3 is 2.56 bits per heavy atom. The van der Waals surface area contributed by atoms with Crippen LogP contribution in [0.15, 0.2) is 24.3 Å². The number of nitrogens with zero attached hydrogens (tertiary/aromatic N) is 1. The molecule has 2 rings (SSSR count). The highest BCUT2D eigenvalue weighted by atomic mass is 35.5. The van der Waals surface area contributed by atoms with Crippen LogP contribution in [0.25, 0.3) is 0 Å². The van der Waals surface area contributed by atoms with Crippen LogP contribution in [-0.4, -0.2) is 48.4 Å². The van der Waals surface area contributed by atoms with Crippen molar-refractivity contribution in [2.45, 2.75) is 32.7 Å². The first-order chi connectivity index (χ1) is 11.9. The van der Waals surface area contributed by atoms with Gasteiger partial charge in [-0.2, -0.15) is 0 Å². The van der Waals surface area contributed by atoms with Gasteiger partial charge in [0.25, 0.3) is 11.8 Å². The van der Waals surface area contributed by atoms with Crippen molar-refractivity contribution in [1.82, 2.24) is 10.2 Å². The van der Waals surface area contributed by atoms with Gasteiger partial charge in [-0.3, -0.25) is 9.59 Å². The highest BCUT2D eigenvalue weighted by Crippen LogP contribution is 2.16. The monoisotopic (exact) mass is 366 g/mol. The Morgan fingerprint density at radius 1 is 1.28 bits per heavy atom. The van der Waals surface area contributed by atoms with E-state index < -0.39 is 17.9 Å². The third-order valence-corrected chi connectivity index (χ3v) is 4.62. The molecule has 2 amide bonds. The van der Waals surface area contributed by atoms with E-state index in [2.05, 4.69) is 12.2 Å². The zero-order valence-corrected chi connectivity index (χ0v) is 15.2. The largest absolute Gasteiger partial charge is 0.454 e. The average molecular weight is 367 g/mol. The molecule has 7 heteroatoms. The first-order valence-electron chi connectivity index (χ1n) is 8.38. The van der Waals surface area contributed by atoms with Gasteiger partial charge in [0.15, 0.2) is 6.61 Å². The molecule has 0 radical (unpaired) electrons. The lowest BCUT2D eigenvalue weighted by Gasteiger charge is -2.30. The number of rotatable bonds is 5. The number of ether oxygens (including phenoxy) is 1. The van der Waals surface area contributed by atoms with Crippen LogP contribution in [0, 0.1) is 5.92 Å². The van der Waals surface area contributed by atoms with E-state index in [1.807, 2.05) is 0 Å². The lowest BCUT2D eigenvalue weighted by molar-refractivity contribution is -0.153. The second kappa shape index (κ2) is 8.85. The number of carbonyl (C=O) groups is 3. The Bertz CT molecular complexity index is 642. The van der Waals surface area contributed by atoms with Crippen molar-refractivity contribution >= 4 is 29.4 Å². The number of hydrogen-bond donors (Lipinski definition) is 1. The topological polar surface area (TPSA) is 75.7 Å². The molecule has 0 aliphatic carbocycles.